The van der Waals surface area contributed by atoms with E-state index in [0.717, 1.165) is 18.4 Å². The van der Waals surface area contributed by atoms with Crippen LogP contribution < -0.4 is 5.73 Å². The van der Waals surface area contributed by atoms with Gasteiger partial charge in [0.15, 0.2) is 0 Å². The first kappa shape index (κ1) is 12.1. The zero-order valence-corrected chi connectivity index (χ0v) is 9.41. The van der Waals surface area contributed by atoms with E-state index in [1.54, 1.807) is 12.1 Å². The van der Waals surface area contributed by atoms with E-state index < -0.39 is 0 Å². The summed E-state index contributed by atoms with van der Waals surface area (Å²) < 4.78 is 13.1. The average molecular weight is 210 g/mol. The molecule has 1 rings (SSSR count). The monoisotopic (exact) mass is 210 g/mol. The molecule has 1 aromatic rings. The van der Waals surface area contributed by atoms with E-state index in [-0.39, 0.29) is 11.9 Å². The van der Waals surface area contributed by atoms with Gasteiger partial charge in [-0.25, -0.2) is 4.39 Å². The molecule has 0 amide bonds. The third kappa shape index (κ3) is 3.61. The van der Waals surface area contributed by atoms with Gasteiger partial charge in [0, 0.05) is 6.04 Å². The Bertz CT molecular complexity index is 299. The van der Waals surface area contributed by atoms with E-state index in [1.807, 2.05) is 20.2 Å². The Hall–Kier alpha value is -0.930. The van der Waals surface area contributed by atoms with Crippen LogP contribution in [0.15, 0.2) is 24.3 Å². The molecule has 0 radical (unpaired) electrons. The molecule has 2 nitrogen and oxygen atoms in total. The standard InChI is InChI=1S/C12H19FN2/c1-15(2)12(7-4-8-14)10-5-3-6-11(13)9-10/h3,5-6,9,12H,4,7-8,14H2,1-2H3. The highest BCUT2D eigenvalue weighted by Crippen LogP contribution is 2.23. The summed E-state index contributed by atoms with van der Waals surface area (Å²) in [7, 11) is 4.01. The zero-order valence-electron chi connectivity index (χ0n) is 9.41. The Morgan fingerprint density at radius 2 is 2.13 bits per heavy atom. The third-order valence-electron chi connectivity index (χ3n) is 2.54. The fourth-order valence-corrected chi connectivity index (χ4v) is 1.75. The lowest BCUT2D eigenvalue weighted by atomic mass is 10.0. The first-order chi connectivity index (χ1) is 7.15. The second-order valence-corrected chi connectivity index (χ2v) is 3.97. The van der Waals surface area contributed by atoms with Crippen LogP contribution in [0.25, 0.3) is 0 Å². The number of hydrogen-bond acceptors (Lipinski definition) is 2. The molecule has 0 aromatic heterocycles. The van der Waals surface area contributed by atoms with Crippen LogP contribution in [0, 0.1) is 5.82 Å². The molecule has 84 valence electrons. The number of halogens is 1. The fourth-order valence-electron chi connectivity index (χ4n) is 1.75. The van der Waals surface area contributed by atoms with Crippen molar-refractivity contribution in [2.45, 2.75) is 18.9 Å². The minimum absolute atomic E-state index is 0.174. The second-order valence-electron chi connectivity index (χ2n) is 3.97. The van der Waals surface area contributed by atoms with E-state index in [4.69, 9.17) is 5.73 Å². The largest absolute Gasteiger partial charge is 0.330 e. The summed E-state index contributed by atoms with van der Waals surface area (Å²) in [5, 5.41) is 0. The molecule has 1 atom stereocenters. The third-order valence-corrected chi connectivity index (χ3v) is 2.54. The van der Waals surface area contributed by atoms with E-state index in [1.165, 1.54) is 6.07 Å². The van der Waals surface area contributed by atoms with Crippen molar-refractivity contribution >= 4 is 0 Å². The van der Waals surface area contributed by atoms with Gasteiger partial charge in [0.25, 0.3) is 0 Å². The first-order valence-corrected chi connectivity index (χ1v) is 5.27. The topological polar surface area (TPSA) is 29.3 Å². The number of benzene rings is 1. The summed E-state index contributed by atoms with van der Waals surface area (Å²) in [4.78, 5) is 2.10. The van der Waals surface area contributed by atoms with E-state index in [0.29, 0.717) is 6.54 Å². The van der Waals surface area contributed by atoms with Crippen LogP contribution in [-0.4, -0.2) is 25.5 Å². The van der Waals surface area contributed by atoms with Crippen molar-refractivity contribution in [3.05, 3.63) is 35.6 Å². The van der Waals surface area contributed by atoms with Crippen molar-refractivity contribution in [1.82, 2.24) is 4.90 Å². The van der Waals surface area contributed by atoms with Crippen molar-refractivity contribution < 1.29 is 4.39 Å². The summed E-state index contributed by atoms with van der Waals surface area (Å²) in [5.74, 6) is -0.174. The maximum atomic E-state index is 13.1. The van der Waals surface area contributed by atoms with Crippen LogP contribution in [-0.2, 0) is 0 Å². The van der Waals surface area contributed by atoms with Crippen LogP contribution in [0.2, 0.25) is 0 Å². The van der Waals surface area contributed by atoms with Gasteiger partial charge in [-0.15, -0.1) is 0 Å². The molecule has 0 heterocycles. The minimum atomic E-state index is -0.174. The van der Waals surface area contributed by atoms with Gasteiger partial charge in [0.2, 0.25) is 0 Å². The van der Waals surface area contributed by atoms with Crippen LogP contribution in [0.1, 0.15) is 24.4 Å². The number of nitrogens with two attached hydrogens (primary N) is 1. The number of rotatable bonds is 5. The summed E-state index contributed by atoms with van der Waals surface area (Å²) in [5.41, 5.74) is 6.51. The van der Waals surface area contributed by atoms with Gasteiger partial charge >= 0.3 is 0 Å². The molecule has 15 heavy (non-hydrogen) atoms. The van der Waals surface area contributed by atoms with Crippen LogP contribution in [0.3, 0.4) is 0 Å². The molecule has 0 aliphatic heterocycles. The average Bonchev–Trinajstić information content (AvgIpc) is 2.18. The molecule has 1 aromatic carbocycles. The molecule has 0 bridgehead atoms. The van der Waals surface area contributed by atoms with Crippen molar-refractivity contribution in [2.24, 2.45) is 5.73 Å². The summed E-state index contributed by atoms with van der Waals surface area (Å²) in [6, 6.07) is 7.04. The Morgan fingerprint density at radius 1 is 1.40 bits per heavy atom. The summed E-state index contributed by atoms with van der Waals surface area (Å²) >= 11 is 0. The predicted molar refractivity (Wildman–Crippen MR) is 61.1 cm³/mol. The highest BCUT2D eigenvalue weighted by Gasteiger charge is 2.13. The Balaban J connectivity index is 2.79. The van der Waals surface area contributed by atoms with Crippen molar-refractivity contribution in [1.29, 1.82) is 0 Å². The SMILES string of the molecule is CN(C)C(CCCN)c1cccc(F)c1. The lowest BCUT2D eigenvalue weighted by Crippen LogP contribution is -2.21. The maximum absolute atomic E-state index is 13.1. The van der Waals surface area contributed by atoms with Crippen LogP contribution in [0.4, 0.5) is 4.39 Å². The van der Waals surface area contributed by atoms with E-state index in [9.17, 15) is 4.39 Å². The molecule has 2 N–H and O–H groups in total. The number of nitrogens with zero attached hydrogens (tertiary/aromatic N) is 1. The van der Waals surface area contributed by atoms with Gasteiger partial charge in [0.1, 0.15) is 5.82 Å². The van der Waals surface area contributed by atoms with Gasteiger partial charge in [-0.1, -0.05) is 12.1 Å². The van der Waals surface area contributed by atoms with Crippen LogP contribution >= 0.6 is 0 Å². The lowest BCUT2D eigenvalue weighted by Gasteiger charge is -2.24. The van der Waals surface area contributed by atoms with Gasteiger partial charge in [0.05, 0.1) is 0 Å². The molecular weight excluding hydrogens is 191 g/mol. The minimum Gasteiger partial charge on any atom is -0.330 e. The summed E-state index contributed by atoms with van der Waals surface area (Å²) in [6.07, 6.45) is 1.92. The normalized spacial score (nSPS) is 13.1. The fraction of sp³-hybridized carbons (Fsp3) is 0.500. The van der Waals surface area contributed by atoms with E-state index >= 15 is 0 Å². The maximum Gasteiger partial charge on any atom is 0.123 e. The van der Waals surface area contributed by atoms with Gasteiger partial charge in [-0.05, 0) is 51.2 Å². The lowest BCUT2D eigenvalue weighted by molar-refractivity contribution is 0.280. The first-order valence-electron chi connectivity index (χ1n) is 5.27. The molecule has 0 aliphatic carbocycles. The van der Waals surface area contributed by atoms with Crippen molar-refractivity contribution in [3.63, 3.8) is 0 Å². The smallest absolute Gasteiger partial charge is 0.123 e. The van der Waals surface area contributed by atoms with Crippen molar-refractivity contribution in [3.8, 4) is 0 Å². The Kier molecular flexibility index (Phi) is 4.72. The molecule has 1 unspecified atom stereocenters. The van der Waals surface area contributed by atoms with Gasteiger partial charge in [-0.3, -0.25) is 0 Å². The number of hydrogen-bond donors (Lipinski definition) is 1. The van der Waals surface area contributed by atoms with Gasteiger partial charge in [-0.2, -0.15) is 0 Å². The highest BCUT2D eigenvalue weighted by atomic mass is 19.1. The summed E-state index contributed by atoms with van der Waals surface area (Å²) in [6.45, 7) is 0.680. The molecule has 0 spiro atoms. The second kappa shape index (κ2) is 5.83. The highest BCUT2D eigenvalue weighted by molar-refractivity contribution is 5.20. The van der Waals surface area contributed by atoms with Crippen molar-refractivity contribution in [2.75, 3.05) is 20.6 Å². The molecule has 0 saturated heterocycles. The molecule has 0 aliphatic rings. The molecular formula is C12H19FN2. The molecule has 0 fully saturated rings. The van der Waals surface area contributed by atoms with Gasteiger partial charge < -0.3 is 10.6 Å². The van der Waals surface area contributed by atoms with Crippen LogP contribution in [0.5, 0.6) is 0 Å². The van der Waals surface area contributed by atoms with E-state index in [2.05, 4.69) is 4.90 Å². The molecule has 3 heteroatoms. The zero-order chi connectivity index (χ0) is 11.3. The molecule has 0 saturated carbocycles. The predicted octanol–water partition coefficient (Wildman–Crippen LogP) is 2.17. The Labute approximate surface area is 90.9 Å². The Morgan fingerprint density at radius 3 is 2.67 bits per heavy atom. The quantitative estimate of drug-likeness (QED) is 0.807.